The molecule has 0 fully saturated rings. The zero-order valence-corrected chi connectivity index (χ0v) is 16.1. The monoisotopic (exact) mass is 382 g/mol. The summed E-state index contributed by atoms with van der Waals surface area (Å²) in [4.78, 5) is 12.5. The molecule has 0 bridgehead atoms. The van der Waals surface area contributed by atoms with Crippen LogP contribution in [0.4, 0.5) is 0 Å². The number of nitrogens with one attached hydrogen (secondary N) is 1. The van der Waals surface area contributed by atoms with Crippen LogP contribution in [0.5, 0.6) is 0 Å². The number of sulfonamides is 1. The Morgan fingerprint density at radius 2 is 1.59 bits per heavy atom. The van der Waals surface area contributed by atoms with Crippen molar-refractivity contribution in [3.8, 4) is 0 Å². The quantitative estimate of drug-likeness (QED) is 0.711. The second-order valence-corrected chi connectivity index (χ2v) is 8.51. The summed E-state index contributed by atoms with van der Waals surface area (Å²) < 4.78 is 26.7. The normalized spacial score (nSPS) is 12.9. The third-order valence-electron chi connectivity index (χ3n) is 4.47. The fraction of sp³-hybridized carbons (Fsp3) is 0.190. The maximum atomic E-state index is 12.8. The van der Waals surface area contributed by atoms with Gasteiger partial charge in [-0.05, 0) is 35.4 Å². The van der Waals surface area contributed by atoms with E-state index < -0.39 is 10.0 Å². The lowest BCUT2D eigenvalue weighted by atomic mass is 10.1. The van der Waals surface area contributed by atoms with Crippen molar-refractivity contribution < 1.29 is 13.2 Å². The fourth-order valence-corrected chi connectivity index (χ4v) is 4.07. The largest absolute Gasteiger partial charge is 0.348 e. The van der Waals surface area contributed by atoms with Gasteiger partial charge in [-0.2, -0.15) is 4.31 Å². The molecule has 6 heteroatoms. The van der Waals surface area contributed by atoms with Crippen LogP contribution >= 0.6 is 0 Å². The molecule has 0 heterocycles. The van der Waals surface area contributed by atoms with E-state index >= 15 is 0 Å². The highest BCUT2D eigenvalue weighted by Gasteiger charge is 2.23. The molecule has 1 atom stereocenters. The van der Waals surface area contributed by atoms with E-state index in [4.69, 9.17) is 0 Å². The Hall–Kier alpha value is -2.70. The number of hydrogen-bond donors (Lipinski definition) is 1. The first-order valence-corrected chi connectivity index (χ1v) is 10.1. The van der Waals surface area contributed by atoms with Crippen molar-refractivity contribution in [3.63, 3.8) is 0 Å². The van der Waals surface area contributed by atoms with Gasteiger partial charge in [0.2, 0.25) is 15.9 Å². The zero-order valence-electron chi connectivity index (χ0n) is 15.3. The van der Waals surface area contributed by atoms with E-state index in [-0.39, 0.29) is 23.4 Å². The van der Waals surface area contributed by atoms with Gasteiger partial charge in [0.15, 0.2) is 0 Å². The number of carbonyl (C=O) groups is 1. The van der Waals surface area contributed by atoms with Gasteiger partial charge >= 0.3 is 0 Å². The van der Waals surface area contributed by atoms with Gasteiger partial charge in [-0.15, -0.1) is 0 Å². The van der Waals surface area contributed by atoms with Crippen LogP contribution in [0.15, 0.2) is 77.7 Å². The van der Waals surface area contributed by atoms with E-state index in [2.05, 4.69) is 5.32 Å². The summed E-state index contributed by atoms with van der Waals surface area (Å²) in [5.41, 5.74) is 0.964. The third-order valence-corrected chi connectivity index (χ3v) is 6.27. The highest BCUT2D eigenvalue weighted by Crippen LogP contribution is 2.21. The minimum Gasteiger partial charge on any atom is -0.348 e. The Morgan fingerprint density at radius 1 is 0.963 bits per heavy atom. The van der Waals surface area contributed by atoms with Crippen molar-refractivity contribution in [2.75, 3.05) is 13.6 Å². The Bertz CT molecular complexity index is 1050. The molecule has 1 unspecified atom stereocenters. The molecule has 140 valence electrons. The number of fused-ring (bicyclic) bond motifs is 1. The average Bonchev–Trinajstić information content (AvgIpc) is 2.68. The average molecular weight is 382 g/mol. The first-order valence-electron chi connectivity index (χ1n) is 8.67. The predicted molar refractivity (Wildman–Crippen MR) is 107 cm³/mol. The van der Waals surface area contributed by atoms with Gasteiger partial charge in [-0.1, -0.05) is 60.7 Å². The first kappa shape index (κ1) is 19.1. The Balaban J connectivity index is 1.71. The lowest BCUT2D eigenvalue weighted by Gasteiger charge is -2.19. The van der Waals surface area contributed by atoms with Crippen LogP contribution < -0.4 is 5.32 Å². The zero-order chi connectivity index (χ0) is 19.4. The van der Waals surface area contributed by atoms with Gasteiger partial charge in [0, 0.05) is 7.05 Å². The van der Waals surface area contributed by atoms with E-state index in [9.17, 15) is 13.2 Å². The molecule has 3 rings (SSSR count). The molecule has 0 saturated heterocycles. The molecule has 0 aliphatic rings. The Morgan fingerprint density at radius 3 is 2.30 bits per heavy atom. The highest BCUT2D eigenvalue weighted by atomic mass is 32.2. The highest BCUT2D eigenvalue weighted by molar-refractivity contribution is 7.89. The Kier molecular flexibility index (Phi) is 5.58. The molecule has 0 spiro atoms. The van der Waals surface area contributed by atoms with Crippen LogP contribution in [0.25, 0.3) is 10.8 Å². The maximum absolute atomic E-state index is 12.8. The van der Waals surface area contributed by atoms with Crippen LogP contribution in [0, 0.1) is 0 Å². The summed E-state index contributed by atoms with van der Waals surface area (Å²) in [6.07, 6.45) is 0. The van der Waals surface area contributed by atoms with E-state index in [1.807, 2.05) is 61.5 Å². The van der Waals surface area contributed by atoms with Crippen LogP contribution in [0.3, 0.4) is 0 Å². The molecule has 0 radical (unpaired) electrons. The van der Waals surface area contributed by atoms with Crippen molar-refractivity contribution in [2.24, 2.45) is 0 Å². The van der Waals surface area contributed by atoms with Gasteiger partial charge in [0.05, 0.1) is 17.5 Å². The van der Waals surface area contributed by atoms with Crippen LogP contribution in [-0.2, 0) is 14.8 Å². The molecule has 0 saturated carbocycles. The number of amides is 1. The van der Waals surface area contributed by atoms with Gasteiger partial charge in [0.25, 0.3) is 0 Å². The van der Waals surface area contributed by atoms with Crippen molar-refractivity contribution in [3.05, 3.63) is 78.4 Å². The summed E-state index contributed by atoms with van der Waals surface area (Å²) in [6, 6.07) is 21.9. The van der Waals surface area contributed by atoms with Crippen molar-refractivity contribution in [1.29, 1.82) is 0 Å². The molecule has 0 aromatic heterocycles. The van der Waals surface area contributed by atoms with Crippen LogP contribution in [0.1, 0.15) is 18.5 Å². The lowest BCUT2D eigenvalue weighted by molar-refractivity contribution is -0.121. The molecular weight excluding hydrogens is 360 g/mol. The molecule has 0 aliphatic carbocycles. The molecular formula is C21H22N2O3S. The topological polar surface area (TPSA) is 66.5 Å². The summed E-state index contributed by atoms with van der Waals surface area (Å²) >= 11 is 0. The number of carbonyl (C=O) groups excluding carboxylic acids is 1. The van der Waals surface area contributed by atoms with Crippen LogP contribution in [-0.4, -0.2) is 32.2 Å². The SMILES string of the molecule is CC(NC(=O)CN(C)S(=O)(=O)c1ccc2ccccc2c1)c1ccccc1. The number of hydrogen-bond acceptors (Lipinski definition) is 3. The number of likely N-dealkylation sites (N-methyl/N-ethyl adjacent to an activating group) is 1. The van der Waals surface area contributed by atoms with Crippen molar-refractivity contribution in [2.45, 2.75) is 17.9 Å². The number of rotatable bonds is 6. The molecule has 3 aromatic rings. The summed E-state index contributed by atoms with van der Waals surface area (Å²) in [7, 11) is -2.34. The molecule has 5 nitrogen and oxygen atoms in total. The second-order valence-electron chi connectivity index (χ2n) is 6.47. The standard InChI is InChI=1S/C21H22N2O3S/c1-16(17-8-4-3-5-9-17)22-21(24)15-23(2)27(25,26)20-13-12-18-10-6-7-11-19(18)14-20/h3-14,16H,15H2,1-2H3,(H,22,24). The van der Waals surface area contributed by atoms with Gasteiger partial charge in [-0.25, -0.2) is 8.42 Å². The lowest BCUT2D eigenvalue weighted by Crippen LogP contribution is -2.39. The van der Waals surface area contributed by atoms with E-state index in [1.165, 1.54) is 7.05 Å². The van der Waals surface area contributed by atoms with E-state index in [0.29, 0.717) is 0 Å². The molecule has 0 aliphatic heterocycles. The summed E-state index contributed by atoms with van der Waals surface area (Å²) in [5.74, 6) is -0.349. The number of nitrogens with zero attached hydrogens (tertiary/aromatic N) is 1. The minimum atomic E-state index is -3.75. The van der Waals surface area contributed by atoms with Gasteiger partial charge in [-0.3, -0.25) is 4.79 Å². The Labute approximate surface area is 159 Å². The van der Waals surface area contributed by atoms with Crippen molar-refractivity contribution in [1.82, 2.24) is 9.62 Å². The fourth-order valence-electron chi connectivity index (χ4n) is 2.91. The smallest absolute Gasteiger partial charge is 0.243 e. The van der Waals surface area contributed by atoms with E-state index in [0.717, 1.165) is 20.6 Å². The molecule has 1 amide bonds. The summed E-state index contributed by atoms with van der Waals surface area (Å²) in [5, 5.41) is 4.64. The third kappa shape index (κ3) is 4.35. The molecule has 3 aromatic carbocycles. The van der Waals surface area contributed by atoms with Gasteiger partial charge in [0.1, 0.15) is 0 Å². The maximum Gasteiger partial charge on any atom is 0.243 e. The van der Waals surface area contributed by atoms with Gasteiger partial charge < -0.3 is 5.32 Å². The predicted octanol–water partition coefficient (Wildman–Crippen LogP) is 3.34. The summed E-state index contributed by atoms with van der Waals surface area (Å²) in [6.45, 7) is 1.62. The number of benzene rings is 3. The van der Waals surface area contributed by atoms with Crippen molar-refractivity contribution >= 4 is 26.7 Å². The first-order chi connectivity index (χ1) is 12.9. The second kappa shape index (κ2) is 7.90. The molecule has 27 heavy (non-hydrogen) atoms. The van der Waals surface area contributed by atoms with E-state index in [1.54, 1.807) is 18.2 Å². The molecule has 1 N–H and O–H groups in total. The van der Waals surface area contributed by atoms with Crippen LogP contribution in [0.2, 0.25) is 0 Å². The minimum absolute atomic E-state index is 0.174.